The Hall–Kier alpha value is -1.06. The van der Waals surface area contributed by atoms with E-state index in [4.69, 9.17) is 0 Å². The third-order valence-corrected chi connectivity index (χ3v) is 4.54. The van der Waals surface area contributed by atoms with E-state index in [-0.39, 0.29) is 6.61 Å². The second-order valence-corrected chi connectivity index (χ2v) is 6.31. The van der Waals surface area contributed by atoms with Gasteiger partial charge in [0, 0.05) is 24.8 Å². The van der Waals surface area contributed by atoms with Crippen molar-refractivity contribution in [2.75, 3.05) is 18.1 Å². The Labute approximate surface area is 122 Å². The minimum Gasteiger partial charge on any atom is -0.394 e. The van der Waals surface area contributed by atoms with Gasteiger partial charge in [0.25, 0.3) is 0 Å². The van der Waals surface area contributed by atoms with E-state index in [1.807, 2.05) is 0 Å². The van der Waals surface area contributed by atoms with Crippen molar-refractivity contribution in [1.29, 1.82) is 0 Å². The number of benzene rings is 1. The highest BCUT2D eigenvalue weighted by Crippen LogP contribution is 2.29. The zero-order valence-corrected chi connectivity index (χ0v) is 12.4. The Bertz CT molecular complexity index is 456. The van der Waals surface area contributed by atoms with Crippen LogP contribution >= 0.6 is 0 Å². The largest absolute Gasteiger partial charge is 0.394 e. The zero-order valence-electron chi connectivity index (χ0n) is 12.4. The molecule has 1 saturated carbocycles. The van der Waals surface area contributed by atoms with Crippen LogP contribution in [-0.4, -0.2) is 30.3 Å². The first-order chi connectivity index (χ1) is 9.78. The molecule has 0 spiro atoms. The predicted octanol–water partition coefficient (Wildman–Crippen LogP) is 2.60. The van der Waals surface area contributed by atoms with E-state index < -0.39 is 0 Å². The lowest BCUT2D eigenvalue weighted by atomic mass is 9.99. The van der Waals surface area contributed by atoms with Crippen LogP contribution in [0.3, 0.4) is 0 Å². The number of hydrogen-bond acceptors (Lipinski definition) is 3. The van der Waals surface area contributed by atoms with Crippen molar-refractivity contribution in [3.8, 4) is 0 Å². The maximum Gasteiger partial charge on any atom is 0.0635 e. The number of aliphatic hydroxyl groups excluding tert-OH is 1. The summed E-state index contributed by atoms with van der Waals surface area (Å²) >= 11 is 0. The summed E-state index contributed by atoms with van der Waals surface area (Å²) in [6.45, 7) is 4.45. The fourth-order valence-electron chi connectivity index (χ4n) is 3.19. The molecule has 1 saturated heterocycles. The number of rotatable bonds is 5. The number of aryl methyl sites for hydroxylation is 1. The topological polar surface area (TPSA) is 35.5 Å². The molecule has 1 atom stereocenters. The van der Waals surface area contributed by atoms with E-state index in [2.05, 4.69) is 35.3 Å². The van der Waals surface area contributed by atoms with Crippen LogP contribution in [-0.2, 0) is 6.54 Å². The van der Waals surface area contributed by atoms with Crippen molar-refractivity contribution in [2.24, 2.45) is 0 Å². The van der Waals surface area contributed by atoms with E-state index in [9.17, 15) is 5.11 Å². The molecule has 0 bridgehead atoms. The quantitative estimate of drug-likeness (QED) is 0.866. The van der Waals surface area contributed by atoms with Crippen molar-refractivity contribution in [2.45, 2.75) is 57.7 Å². The molecule has 2 N–H and O–H groups in total. The van der Waals surface area contributed by atoms with Gasteiger partial charge in [0.1, 0.15) is 0 Å². The fourth-order valence-corrected chi connectivity index (χ4v) is 3.19. The van der Waals surface area contributed by atoms with Gasteiger partial charge in [-0.15, -0.1) is 0 Å². The highest BCUT2D eigenvalue weighted by molar-refractivity contribution is 5.56. The molecule has 1 aromatic rings. The molecule has 1 heterocycles. The molecule has 110 valence electrons. The minimum absolute atomic E-state index is 0.267. The van der Waals surface area contributed by atoms with E-state index in [0.717, 1.165) is 25.6 Å². The summed E-state index contributed by atoms with van der Waals surface area (Å²) in [4.78, 5) is 2.42. The molecule has 2 aliphatic rings. The smallest absolute Gasteiger partial charge is 0.0635 e. The van der Waals surface area contributed by atoms with Gasteiger partial charge in [-0.25, -0.2) is 0 Å². The van der Waals surface area contributed by atoms with E-state index in [1.54, 1.807) is 0 Å². The SMILES string of the molecule is Cc1ccc(N2CCCCC2CO)c(CNC2CC2)c1. The van der Waals surface area contributed by atoms with Crippen LogP contribution in [0.2, 0.25) is 0 Å². The molecular formula is C17H26N2O. The lowest BCUT2D eigenvalue weighted by Crippen LogP contribution is -2.42. The van der Waals surface area contributed by atoms with Crippen LogP contribution in [0.15, 0.2) is 18.2 Å². The first-order valence-corrected chi connectivity index (χ1v) is 7.98. The number of aliphatic hydroxyl groups is 1. The van der Waals surface area contributed by atoms with Gasteiger partial charge >= 0.3 is 0 Å². The van der Waals surface area contributed by atoms with Crippen LogP contribution in [0.5, 0.6) is 0 Å². The Morgan fingerprint density at radius 1 is 1.25 bits per heavy atom. The first kappa shape index (κ1) is 13.9. The Morgan fingerprint density at radius 2 is 2.10 bits per heavy atom. The molecule has 1 unspecified atom stereocenters. The molecule has 0 amide bonds. The molecule has 20 heavy (non-hydrogen) atoms. The molecule has 0 radical (unpaired) electrons. The van der Waals surface area contributed by atoms with E-state index in [1.165, 1.54) is 42.5 Å². The van der Waals surface area contributed by atoms with Crippen LogP contribution in [0, 0.1) is 6.92 Å². The molecule has 0 aromatic heterocycles. The highest BCUT2D eigenvalue weighted by Gasteiger charge is 2.25. The van der Waals surface area contributed by atoms with Gasteiger partial charge in [-0.05, 0) is 50.7 Å². The van der Waals surface area contributed by atoms with Crippen LogP contribution in [0.4, 0.5) is 5.69 Å². The van der Waals surface area contributed by atoms with Gasteiger partial charge in [-0.2, -0.15) is 0 Å². The summed E-state index contributed by atoms with van der Waals surface area (Å²) < 4.78 is 0. The second kappa shape index (κ2) is 6.15. The van der Waals surface area contributed by atoms with E-state index in [0.29, 0.717) is 6.04 Å². The number of hydrogen-bond donors (Lipinski definition) is 2. The molecule has 1 aliphatic carbocycles. The van der Waals surface area contributed by atoms with Gasteiger partial charge in [0.2, 0.25) is 0 Å². The predicted molar refractivity (Wildman–Crippen MR) is 83.1 cm³/mol. The van der Waals surface area contributed by atoms with E-state index >= 15 is 0 Å². The standard InChI is InChI=1S/C17H26N2O/c1-13-5-8-17(14(10-13)11-18-15-6-7-15)19-9-3-2-4-16(19)12-20/h5,8,10,15-16,18,20H,2-4,6-7,9,11-12H2,1H3. The number of anilines is 1. The summed E-state index contributed by atoms with van der Waals surface area (Å²) in [6.07, 6.45) is 6.23. The second-order valence-electron chi connectivity index (χ2n) is 6.31. The summed E-state index contributed by atoms with van der Waals surface area (Å²) in [7, 11) is 0. The molecule has 3 nitrogen and oxygen atoms in total. The Morgan fingerprint density at radius 3 is 2.85 bits per heavy atom. The van der Waals surface area contributed by atoms with Crippen LogP contribution in [0.25, 0.3) is 0 Å². The van der Waals surface area contributed by atoms with Crippen molar-refractivity contribution in [3.63, 3.8) is 0 Å². The molecule has 3 heteroatoms. The number of piperidine rings is 1. The molecule has 3 rings (SSSR count). The fraction of sp³-hybridized carbons (Fsp3) is 0.647. The van der Waals surface area contributed by atoms with Crippen LogP contribution < -0.4 is 10.2 Å². The van der Waals surface area contributed by atoms with Crippen LogP contribution in [0.1, 0.15) is 43.2 Å². The summed E-state index contributed by atoms with van der Waals surface area (Å²) in [5.41, 5.74) is 4.03. The Kier molecular flexibility index (Phi) is 4.27. The van der Waals surface area contributed by atoms with Gasteiger partial charge in [0.05, 0.1) is 12.6 Å². The highest BCUT2D eigenvalue weighted by atomic mass is 16.3. The molecular weight excluding hydrogens is 248 g/mol. The summed E-state index contributed by atoms with van der Waals surface area (Å²) in [5, 5.41) is 13.3. The lowest BCUT2D eigenvalue weighted by Gasteiger charge is -2.38. The average Bonchev–Trinajstić information content (AvgIpc) is 3.29. The zero-order chi connectivity index (χ0) is 13.9. The lowest BCUT2D eigenvalue weighted by molar-refractivity contribution is 0.240. The van der Waals surface area contributed by atoms with Gasteiger partial charge in [-0.1, -0.05) is 17.7 Å². The van der Waals surface area contributed by atoms with Crippen molar-refractivity contribution in [3.05, 3.63) is 29.3 Å². The van der Waals surface area contributed by atoms with Gasteiger partial charge in [-0.3, -0.25) is 0 Å². The molecule has 2 fully saturated rings. The molecule has 1 aliphatic heterocycles. The Balaban J connectivity index is 1.81. The number of nitrogens with zero attached hydrogens (tertiary/aromatic N) is 1. The van der Waals surface area contributed by atoms with Crippen molar-refractivity contribution >= 4 is 5.69 Å². The third-order valence-electron chi connectivity index (χ3n) is 4.54. The van der Waals surface area contributed by atoms with Gasteiger partial charge in [0.15, 0.2) is 0 Å². The average molecular weight is 274 g/mol. The monoisotopic (exact) mass is 274 g/mol. The number of nitrogens with one attached hydrogen (secondary N) is 1. The summed E-state index contributed by atoms with van der Waals surface area (Å²) in [5.74, 6) is 0. The maximum absolute atomic E-state index is 9.64. The van der Waals surface area contributed by atoms with Crippen molar-refractivity contribution < 1.29 is 5.11 Å². The summed E-state index contributed by atoms with van der Waals surface area (Å²) in [6, 6.07) is 7.77. The maximum atomic E-state index is 9.64. The first-order valence-electron chi connectivity index (χ1n) is 7.98. The third kappa shape index (κ3) is 3.15. The van der Waals surface area contributed by atoms with Crippen molar-refractivity contribution in [1.82, 2.24) is 5.32 Å². The molecule has 1 aromatic carbocycles. The minimum atomic E-state index is 0.267. The normalized spacial score (nSPS) is 23.1. The van der Waals surface area contributed by atoms with Gasteiger partial charge < -0.3 is 15.3 Å².